The van der Waals surface area contributed by atoms with Crippen LogP contribution in [-0.4, -0.2) is 29.2 Å². The van der Waals surface area contributed by atoms with Gasteiger partial charge in [0.25, 0.3) is 0 Å². The quantitative estimate of drug-likeness (QED) is 0.897. The lowest BCUT2D eigenvalue weighted by Gasteiger charge is -2.18. The Bertz CT molecular complexity index is 628. The number of aromatic nitrogens is 2. The van der Waals surface area contributed by atoms with Crippen LogP contribution in [0.25, 0.3) is 0 Å². The number of nitrogens with zero attached hydrogens (tertiary/aromatic N) is 2. The monoisotopic (exact) mass is 270 g/mol. The smallest absolute Gasteiger partial charge is 0.243 e. The first-order valence-electron chi connectivity index (χ1n) is 6.79. The highest BCUT2D eigenvalue weighted by Crippen LogP contribution is 2.27. The topological polar surface area (TPSA) is 61.0 Å². The van der Waals surface area contributed by atoms with Gasteiger partial charge in [0.15, 0.2) is 0 Å². The summed E-state index contributed by atoms with van der Waals surface area (Å²) in [4.78, 5) is 14.3. The summed E-state index contributed by atoms with van der Waals surface area (Å²) in [5.74, 6) is -0.00527. The number of nitrogens with one attached hydrogen (secondary N) is 2. The number of amides is 1. The third-order valence-corrected chi connectivity index (χ3v) is 3.71. The van der Waals surface area contributed by atoms with Crippen LogP contribution >= 0.6 is 0 Å². The van der Waals surface area contributed by atoms with Gasteiger partial charge in [-0.25, -0.2) is 0 Å². The number of benzene rings is 1. The average Bonchev–Trinajstić information content (AvgIpc) is 2.98. The number of anilines is 2. The van der Waals surface area contributed by atoms with Crippen molar-refractivity contribution in [3.63, 3.8) is 0 Å². The second-order valence-electron chi connectivity index (χ2n) is 5.16. The van der Waals surface area contributed by atoms with Crippen LogP contribution in [0, 0.1) is 13.8 Å². The lowest BCUT2D eigenvalue weighted by Crippen LogP contribution is -2.32. The van der Waals surface area contributed by atoms with E-state index in [0.29, 0.717) is 6.54 Å². The zero-order chi connectivity index (χ0) is 14.1. The Morgan fingerprint density at radius 3 is 2.95 bits per heavy atom. The van der Waals surface area contributed by atoms with Crippen molar-refractivity contribution < 1.29 is 4.79 Å². The molecule has 104 valence electrons. The van der Waals surface area contributed by atoms with Gasteiger partial charge >= 0.3 is 0 Å². The molecule has 1 aliphatic heterocycles. The van der Waals surface area contributed by atoms with Gasteiger partial charge in [-0.1, -0.05) is 18.2 Å². The third kappa shape index (κ3) is 2.27. The molecule has 5 nitrogen and oxygen atoms in total. The van der Waals surface area contributed by atoms with Crippen LogP contribution in [0.3, 0.4) is 0 Å². The number of aromatic amines is 1. The molecule has 0 spiro atoms. The minimum atomic E-state index is -0.00527. The fourth-order valence-electron chi connectivity index (χ4n) is 2.66. The van der Waals surface area contributed by atoms with Crippen molar-refractivity contribution in [3.8, 4) is 0 Å². The molecule has 1 aromatic carbocycles. The summed E-state index contributed by atoms with van der Waals surface area (Å²) in [5, 5.41) is 9.90. The number of hydrogen-bond donors (Lipinski definition) is 2. The van der Waals surface area contributed by atoms with Gasteiger partial charge in [-0.3, -0.25) is 9.89 Å². The highest BCUT2D eigenvalue weighted by Gasteiger charge is 2.21. The number of fused-ring (bicyclic) bond motifs is 1. The zero-order valence-electron chi connectivity index (χ0n) is 11.7. The molecular formula is C15H18N4O. The summed E-state index contributed by atoms with van der Waals surface area (Å²) in [6.45, 7) is 5.06. The Hall–Kier alpha value is -2.30. The van der Waals surface area contributed by atoms with E-state index < -0.39 is 0 Å². The first-order valence-corrected chi connectivity index (χ1v) is 6.79. The Morgan fingerprint density at radius 2 is 2.20 bits per heavy atom. The summed E-state index contributed by atoms with van der Waals surface area (Å²) in [6, 6.07) is 8.25. The molecular weight excluding hydrogens is 252 g/mol. The molecule has 0 fully saturated rings. The summed E-state index contributed by atoms with van der Waals surface area (Å²) in [5.41, 5.74) is 4.98. The van der Waals surface area contributed by atoms with Gasteiger partial charge in [0.1, 0.15) is 0 Å². The fraction of sp³-hybridized carbons (Fsp3) is 0.333. The number of carbonyl (C=O) groups is 1. The molecule has 0 bridgehead atoms. The maximum Gasteiger partial charge on any atom is 0.243 e. The van der Waals surface area contributed by atoms with E-state index in [1.54, 1.807) is 0 Å². The molecule has 0 saturated carbocycles. The SMILES string of the molecule is Cc1n[nH]c(C)c1NC(=O)CN1CCc2ccccc21. The summed E-state index contributed by atoms with van der Waals surface area (Å²) in [6.07, 6.45) is 1.01. The zero-order valence-corrected chi connectivity index (χ0v) is 11.7. The lowest BCUT2D eigenvalue weighted by molar-refractivity contribution is -0.115. The normalized spacial score (nSPS) is 13.4. The summed E-state index contributed by atoms with van der Waals surface area (Å²) < 4.78 is 0. The standard InChI is InChI=1S/C15H18N4O/c1-10-15(11(2)18-17-10)16-14(20)9-19-8-7-12-5-3-4-6-13(12)19/h3-6H,7-9H2,1-2H3,(H,16,20)(H,17,18). The Balaban J connectivity index is 1.69. The predicted molar refractivity (Wildman–Crippen MR) is 79.1 cm³/mol. The van der Waals surface area contributed by atoms with Crippen molar-refractivity contribution in [1.82, 2.24) is 10.2 Å². The number of rotatable bonds is 3. The van der Waals surface area contributed by atoms with Crippen molar-refractivity contribution in [2.45, 2.75) is 20.3 Å². The van der Waals surface area contributed by atoms with Crippen LogP contribution in [0.15, 0.2) is 24.3 Å². The van der Waals surface area contributed by atoms with Gasteiger partial charge in [0.2, 0.25) is 5.91 Å². The number of hydrogen-bond acceptors (Lipinski definition) is 3. The van der Waals surface area contributed by atoms with E-state index in [1.165, 1.54) is 11.3 Å². The average molecular weight is 270 g/mol. The largest absolute Gasteiger partial charge is 0.362 e. The van der Waals surface area contributed by atoms with E-state index in [0.717, 1.165) is 30.0 Å². The van der Waals surface area contributed by atoms with E-state index in [4.69, 9.17) is 0 Å². The number of aryl methyl sites for hydroxylation is 2. The lowest BCUT2D eigenvalue weighted by atomic mass is 10.2. The number of carbonyl (C=O) groups excluding carboxylic acids is 1. The van der Waals surface area contributed by atoms with Crippen molar-refractivity contribution in [2.24, 2.45) is 0 Å². The van der Waals surface area contributed by atoms with Crippen LogP contribution in [0.1, 0.15) is 17.0 Å². The Labute approximate surface area is 118 Å². The molecule has 2 heterocycles. The van der Waals surface area contributed by atoms with Gasteiger partial charge in [-0.2, -0.15) is 5.10 Å². The van der Waals surface area contributed by atoms with Gasteiger partial charge in [-0.15, -0.1) is 0 Å². The molecule has 0 aliphatic carbocycles. The highest BCUT2D eigenvalue weighted by atomic mass is 16.2. The molecule has 3 rings (SSSR count). The van der Waals surface area contributed by atoms with Gasteiger partial charge in [0.05, 0.1) is 23.6 Å². The molecule has 0 unspecified atom stereocenters. The summed E-state index contributed by atoms with van der Waals surface area (Å²) in [7, 11) is 0. The highest BCUT2D eigenvalue weighted by molar-refractivity contribution is 5.95. The van der Waals surface area contributed by atoms with E-state index in [2.05, 4.69) is 32.5 Å². The maximum absolute atomic E-state index is 12.2. The maximum atomic E-state index is 12.2. The minimum Gasteiger partial charge on any atom is -0.362 e. The van der Waals surface area contributed by atoms with E-state index >= 15 is 0 Å². The van der Waals surface area contributed by atoms with Crippen molar-refractivity contribution >= 4 is 17.3 Å². The minimum absolute atomic E-state index is 0.00527. The molecule has 0 saturated heterocycles. The second kappa shape index (κ2) is 5.00. The van der Waals surface area contributed by atoms with Gasteiger partial charge in [-0.05, 0) is 31.9 Å². The summed E-state index contributed by atoms with van der Waals surface area (Å²) >= 11 is 0. The van der Waals surface area contributed by atoms with Crippen LogP contribution in [0.5, 0.6) is 0 Å². The fourth-order valence-corrected chi connectivity index (χ4v) is 2.66. The molecule has 2 N–H and O–H groups in total. The van der Waals surface area contributed by atoms with E-state index in [1.807, 2.05) is 26.0 Å². The van der Waals surface area contributed by atoms with Crippen molar-refractivity contribution in [2.75, 3.05) is 23.3 Å². The number of para-hydroxylation sites is 1. The van der Waals surface area contributed by atoms with Crippen molar-refractivity contribution in [1.29, 1.82) is 0 Å². The van der Waals surface area contributed by atoms with Crippen LogP contribution in [0.2, 0.25) is 0 Å². The molecule has 1 aromatic heterocycles. The Morgan fingerprint density at radius 1 is 1.40 bits per heavy atom. The van der Waals surface area contributed by atoms with E-state index in [9.17, 15) is 4.79 Å². The van der Waals surface area contributed by atoms with Gasteiger partial charge in [0, 0.05) is 12.2 Å². The second-order valence-corrected chi connectivity index (χ2v) is 5.16. The molecule has 1 amide bonds. The van der Waals surface area contributed by atoms with E-state index in [-0.39, 0.29) is 5.91 Å². The molecule has 20 heavy (non-hydrogen) atoms. The van der Waals surface area contributed by atoms with Gasteiger partial charge < -0.3 is 10.2 Å². The van der Waals surface area contributed by atoms with Crippen LogP contribution < -0.4 is 10.2 Å². The Kier molecular flexibility index (Phi) is 3.18. The molecule has 2 aromatic rings. The molecule has 5 heteroatoms. The molecule has 0 radical (unpaired) electrons. The molecule has 0 atom stereocenters. The third-order valence-electron chi connectivity index (χ3n) is 3.71. The first kappa shape index (κ1) is 12.7. The number of H-pyrrole nitrogens is 1. The first-order chi connectivity index (χ1) is 9.65. The molecule has 1 aliphatic rings. The van der Waals surface area contributed by atoms with Crippen LogP contribution in [-0.2, 0) is 11.2 Å². The predicted octanol–water partition coefficient (Wildman–Crippen LogP) is 2.03. The van der Waals surface area contributed by atoms with Crippen LogP contribution in [0.4, 0.5) is 11.4 Å². The van der Waals surface area contributed by atoms with Crippen molar-refractivity contribution in [3.05, 3.63) is 41.2 Å².